The van der Waals surface area contributed by atoms with Gasteiger partial charge < -0.3 is 10.2 Å². The Morgan fingerprint density at radius 3 is 2.18 bits per heavy atom. The van der Waals surface area contributed by atoms with Crippen LogP contribution in [0, 0.1) is 22.5 Å². The summed E-state index contributed by atoms with van der Waals surface area (Å²) in [5, 5.41) is 14.2. The molecule has 2 amide bonds. The van der Waals surface area contributed by atoms with Crippen molar-refractivity contribution in [1.29, 1.82) is 0 Å². The van der Waals surface area contributed by atoms with Crippen molar-refractivity contribution in [3.8, 4) is 0 Å². The van der Waals surface area contributed by atoms with Gasteiger partial charge in [-0.05, 0) is 30.7 Å². The maximum absolute atomic E-state index is 13.0. The van der Waals surface area contributed by atoms with Crippen molar-refractivity contribution in [2.45, 2.75) is 32.6 Å². The molecule has 1 fully saturated rings. The fourth-order valence-corrected chi connectivity index (χ4v) is 5.68. The number of sulfonamides is 1. The molecular weight excluding hydrogens is 468 g/mol. The van der Waals surface area contributed by atoms with Gasteiger partial charge in [0, 0.05) is 43.7 Å². The number of rotatable bonds is 5. The minimum atomic E-state index is -3.82. The van der Waals surface area contributed by atoms with E-state index in [4.69, 9.17) is 0 Å². The largest absolute Gasteiger partial charge is 0.335 e. The zero-order valence-electron chi connectivity index (χ0n) is 18.8. The van der Waals surface area contributed by atoms with Crippen molar-refractivity contribution in [2.24, 2.45) is 5.41 Å². The lowest BCUT2D eigenvalue weighted by Crippen LogP contribution is -2.50. The van der Waals surface area contributed by atoms with Crippen LogP contribution in [0.15, 0.2) is 35.2 Å². The quantitative estimate of drug-likeness (QED) is 0.502. The van der Waals surface area contributed by atoms with Crippen molar-refractivity contribution in [2.75, 3.05) is 31.5 Å². The van der Waals surface area contributed by atoms with E-state index in [1.807, 2.05) is 0 Å². The van der Waals surface area contributed by atoms with E-state index < -0.39 is 20.4 Å². The number of anilines is 1. The molecule has 0 atom stereocenters. The van der Waals surface area contributed by atoms with Crippen LogP contribution in [0.5, 0.6) is 0 Å². The first-order valence-corrected chi connectivity index (χ1v) is 12.5. The summed E-state index contributed by atoms with van der Waals surface area (Å²) >= 11 is 1.20. The molecule has 10 nitrogen and oxygen atoms in total. The summed E-state index contributed by atoms with van der Waals surface area (Å²) in [4.78, 5) is 37.5. The molecule has 178 valence electrons. The first-order valence-electron chi connectivity index (χ1n) is 10.3. The van der Waals surface area contributed by atoms with E-state index in [0.29, 0.717) is 9.88 Å². The molecular formula is C21H26N4O6S2. The number of amides is 2. The van der Waals surface area contributed by atoms with Crippen LogP contribution in [0.1, 0.15) is 36.0 Å². The summed E-state index contributed by atoms with van der Waals surface area (Å²) in [5.74, 6) is -0.353. The number of hydrogen-bond donors (Lipinski definition) is 1. The van der Waals surface area contributed by atoms with E-state index in [-0.39, 0.29) is 48.6 Å². The second-order valence-corrected chi connectivity index (χ2v) is 11.8. The highest BCUT2D eigenvalue weighted by Gasteiger charge is 2.32. The normalized spacial score (nSPS) is 15.3. The topological polar surface area (TPSA) is 130 Å². The Bertz CT molecular complexity index is 1170. The Morgan fingerprint density at radius 1 is 1.09 bits per heavy atom. The minimum absolute atomic E-state index is 0.0267. The van der Waals surface area contributed by atoms with E-state index >= 15 is 0 Å². The summed E-state index contributed by atoms with van der Waals surface area (Å²) in [6, 6.07) is 6.50. The lowest BCUT2D eigenvalue weighted by atomic mass is 9.96. The molecule has 12 heteroatoms. The molecule has 1 aliphatic heterocycles. The summed E-state index contributed by atoms with van der Waals surface area (Å²) in [6.45, 7) is 7.87. The second kappa shape index (κ2) is 9.20. The number of thiophene rings is 1. The van der Waals surface area contributed by atoms with Gasteiger partial charge in [-0.1, -0.05) is 20.8 Å². The predicted molar refractivity (Wildman–Crippen MR) is 125 cm³/mol. The molecule has 33 heavy (non-hydrogen) atoms. The van der Waals surface area contributed by atoms with Crippen molar-refractivity contribution >= 4 is 43.9 Å². The highest BCUT2D eigenvalue weighted by Crippen LogP contribution is 2.30. The molecule has 1 aromatic heterocycles. The summed E-state index contributed by atoms with van der Waals surface area (Å²) in [7, 11) is -3.82. The van der Waals surface area contributed by atoms with Gasteiger partial charge >= 0.3 is 0 Å². The fourth-order valence-electron chi connectivity index (χ4n) is 3.22. The minimum Gasteiger partial charge on any atom is -0.335 e. The van der Waals surface area contributed by atoms with Crippen molar-refractivity contribution < 1.29 is 22.9 Å². The molecule has 0 spiro atoms. The number of benzene rings is 1. The van der Waals surface area contributed by atoms with E-state index in [1.54, 1.807) is 38.7 Å². The Kier molecular flexibility index (Phi) is 6.91. The Hall–Kier alpha value is -2.83. The third-order valence-corrected chi connectivity index (χ3v) is 8.29. The summed E-state index contributed by atoms with van der Waals surface area (Å²) in [6.07, 6.45) is 0. The molecule has 0 radical (unpaired) electrons. The van der Waals surface area contributed by atoms with Gasteiger partial charge in [0.15, 0.2) is 0 Å². The van der Waals surface area contributed by atoms with Gasteiger partial charge in [0.05, 0.1) is 19.7 Å². The molecule has 0 saturated carbocycles. The standard InChI is InChI=1S/C21H26N4O6S2/c1-14-13-17(22-20(27)21(2,3)4)32-18(14)19(26)23-9-11-24(12-10-23)33(30,31)16-7-5-15(6-8-16)25(28)29/h5-8,13H,9-12H2,1-4H3,(H,22,27). The van der Waals surface area contributed by atoms with Gasteiger partial charge in [-0.3, -0.25) is 19.7 Å². The van der Waals surface area contributed by atoms with Gasteiger partial charge in [-0.25, -0.2) is 8.42 Å². The molecule has 3 rings (SSSR count). The number of aryl methyl sites for hydroxylation is 1. The Balaban J connectivity index is 1.66. The Labute approximate surface area is 196 Å². The van der Waals surface area contributed by atoms with Crippen LogP contribution in [0.2, 0.25) is 0 Å². The summed E-state index contributed by atoms with van der Waals surface area (Å²) in [5.41, 5.74) is -0.00279. The van der Waals surface area contributed by atoms with Gasteiger partial charge in [-0.15, -0.1) is 11.3 Å². The number of piperazine rings is 1. The number of carbonyl (C=O) groups excluding carboxylic acids is 2. The Morgan fingerprint density at radius 2 is 1.67 bits per heavy atom. The van der Waals surface area contributed by atoms with Crippen LogP contribution in [0.25, 0.3) is 0 Å². The van der Waals surface area contributed by atoms with E-state index in [0.717, 1.165) is 17.7 Å². The number of nitro benzene ring substituents is 1. The average Bonchev–Trinajstić information content (AvgIpc) is 3.12. The lowest BCUT2D eigenvalue weighted by molar-refractivity contribution is -0.384. The number of nitrogens with zero attached hydrogens (tertiary/aromatic N) is 3. The average molecular weight is 495 g/mol. The van der Waals surface area contributed by atoms with Crippen LogP contribution >= 0.6 is 11.3 Å². The van der Waals surface area contributed by atoms with E-state index in [2.05, 4.69) is 5.32 Å². The van der Waals surface area contributed by atoms with Crippen LogP contribution in [0.4, 0.5) is 10.7 Å². The van der Waals surface area contributed by atoms with Gasteiger partial charge in [0.25, 0.3) is 11.6 Å². The second-order valence-electron chi connectivity index (χ2n) is 8.77. The number of nitro groups is 1. The number of hydrogen-bond acceptors (Lipinski definition) is 7. The number of nitrogens with one attached hydrogen (secondary N) is 1. The van der Waals surface area contributed by atoms with Crippen LogP contribution in [-0.4, -0.2) is 60.5 Å². The molecule has 0 aliphatic carbocycles. The van der Waals surface area contributed by atoms with Gasteiger partial charge in [-0.2, -0.15) is 4.31 Å². The fraction of sp³-hybridized carbons (Fsp3) is 0.429. The highest BCUT2D eigenvalue weighted by molar-refractivity contribution is 7.89. The highest BCUT2D eigenvalue weighted by atomic mass is 32.2. The van der Waals surface area contributed by atoms with Crippen molar-refractivity contribution in [3.05, 3.63) is 50.9 Å². The monoisotopic (exact) mass is 494 g/mol. The summed E-state index contributed by atoms with van der Waals surface area (Å²) < 4.78 is 27.0. The maximum Gasteiger partial charge on any atom is 0.269 e. The van der Waals surface area contributed by atoms with Crippen LogP contribution in [-0.2, 0) is 14.8 Å². The first kappa shape index (κ1) is 24.8. The van der Waals surface area contributed by atoms with Gasteiger partial charge in [0.1, 0.15) is 0 Å². The molecule has 1 aromatic carbocycles. The van der Waals surface area contributed by atoms with E-state index in [9.17, 15) is 28.1 Å². The number of non-ortho nitro benzene ring substituents is 1. The maximum atomic E-state index is 13.0. The molecule has 0 unspecified atom stereocenters. The third-order valence-electron chi connectivity index (χ3n) is 5.24. The molecule has 0 bridgehead atoms. The van der Waals surface area contributed by atoms with Gasteiger partial charge in [0.2, 0.25) is 15.9 Å². The molecule has 2 heterocycles. The first-order chi connectivity index (χ1) is 15.3. The van der Waals surface area contributed by atoms with Crippen molar-refractivity contribution in [3.63, 3.8) is 0 Å². The molecule has 1 saturated heterocycles. The zero-order chi connectivity index (χ0) is 24.6. The zero-order valence-corrected chi connectivity index (χ0v) is 20.5. The van der Waals surface area contributed by atoms with Crippen LogP contribution < -0.4 is 5.32 Å². The van der Waals surface area contributed by atoms with Crippen molar-refractivity contribution in [1.82, 2.24) is 9.21 Å². The number of carbonyl (C=O) groups is 2. The molecule has 2 aromatic rings. The molecule has 1 aliphatic rings. The third kappa shape index (κ3) is 5.40. The predicted octanol–water partition coefficient (Wildman–Crippen LogP) is 3.10. The smallest absolute Gasteiger partial charge is 0.269 e. The van der Waals surface area contributed by atoms with Crippen LogP contribution in [0.3, 0.4) is 0 Å². The molecule has 1 N–H and O–H groups in total. The van der Waals surface area contributed by atoms with E-state index in [1.165, 1.54) is 27.8 Å². The lowest BCUT2D eigenvalue weighted by Gasteiger charge is -2.33. The SMILES string of the molecule is Cc1cc(NC(=O)C(C)(C)C)sc1C(=O)N1CCN(S(=O)(=O)c2ccc([N+](=O)[O-])cc2)CC1.